The molecule has 2 fully saturated rings. The summed E-state index contributed by atoms with van der Waals surface area (Å²) in [5, 5.41) is 3.37. The average Bonchev–Trinajstić information content (AvgIpc) is 3.23. The highest BCUT2D eigenvalue weighted by Crippen LogP contribution is 2.34. The maximum atomic E-state index is 12.0. The molecule has 1 aliphatic heterocycles. The number of carbonyl (C=O) groups is 1. The number of carbonyl (C=O) groups excluding carboxylic acids is 1. The highest BCUT2D eigenvalue weighted by Gasteiger charge is 2.46. The molecule has 1 aromatic carbocycles. The van der Waals surface area contributed by atoms with Gasteiger partial charge in [-0.15, -0.1) is 0 Å². The van der Waals surface area contributed by atoms with Gasteiger partial charge in [0.25, 0.3) is 0 Å². The fourth-order valence-corrected chi connectivity index (χ4v) is 4.57. The van der Waals surface area contributed by atoms with E-state index in [0.717, 1.165) is 24.8 Å². The van der Waals surface area contributed by atoms with Gasteiger partial charge in [-0.1, -0.05) is 23.7 Å². The van der Waals surface area contributed by atoms with Crippen molar-refractivity contribution in [2.24, 2.45) is 5.92 Å². The van der Waals surface area contributed by atoms with Crippen molar-refractivity contribution in [2.45, 2.75) is 24.5 Å². The maximum Gasteiger partial charge on any atom is 0.225 e. The number of nitrogens with zero attached hydrogens (tertiary/aromatic N) is 1. The third-order valence-electron chi connectivity index (χ3n) is 4.15. The van der Waals surface area contributed by atoms with Crippen LogP contribution in [0.1, 0.15) is 18.4 Å². The number of hydrogen-bond donors (Lipinski definition) is 1. The normalized spacial score (nSPS) is 19.7. The Hall–Kier alpha value is -1.11. The van der Waals surface area contributed by atoms with Crippen LogP contribution >= 0.6 is 11.6 Å². The molecule has 2 aliphatic rings. The minimum Gasteiger partial charge on any atom is -0.355 e. The summed E-state index contributed by atoms with van der Waals surface area (Å²) in [5.41, 5.74) is 1.11. The molecule has 22 heavy (non-hydrogen) atoms. The quantitative estimate of drug-likeness (QED) is 0.850. The zero-order valence-electron chi connectivity index (χ0n) is 12.2. The largest absolute Gasteiger partial charge is 0.355 e. The van der Waals surface area contributed by atoms with Crippen molar-refractivity contribution in [2.75, 3.05) is 19.6 Å². The lowest BCUT2D eigenvalue weighted by Crippen LogP contribution is -2.56. The Morgan fingerprint density at radius 2 is 1.86 bits per heavy atom. The number of amides is 1. The Labute approximate surface area is 135 Å². The summed E-state index contributed by atoms with van der Waals surface area (Å²) >= 11 is 5.82. The number of benzene rings is 1. The standard InChI is InChI=1S/C15H19ClN2O3S/c16-13-3-1-11(2-4-13)7-8-17-15(19)12-9-18(10-12)22(20,21)14-5-6-14/h1-4,12,14H,5-10H2,(H,17,19). The first-order chi connectivity index (χ1) is 10.5. The molecule has 0 unspecified atom stereocenters. The van der Waals surface area contributed by atoms with Crippen LogP contribution in [0.15, 0.2) is 24.3 Å². The predicted molar refractivity (Wildman–Crippen MR) is 85.2 cm³/mol. The molecule has 7 heteroatoms. The fourth-order valence-electron chi connectivity index (χ4n) is 2.51. The van der Waals surface area contributed by atoms with Gasteiger partial charge >= 0.3 is 0 Å². The number of halogens is 1. The van der Waals surface area contributed by atoms with Gasteiger partial charge in [0.15, 0.2) is 0 Å². The van der Waals surface area contributed by atoms with Crippen LogP contribution in [0.2, 0.25) is 5.02 Å². The van der Waals surface area contributed by atoms with Crippen LogP contribution in [0.5, 0.6) is 0 Å². The van der Waals surface area contributed by atoms with E-state index in [0.29, 0.717) is 24.7 Å². The van der Waals surface area contributed by atoms with Crippen LogP contribution in [0.25, 0.3) is 0 Å². The minimum atomic E-state index is -3.12. The van der Waals surface area contributed by atoms with E-state index in [1.807, 2.05) is 24.3 Å². The van der Waals surface area contributed by atoms with Gasteiger partial charge < -0.3 is 5.32 Å². The van der Waals surface area contributed by atoms with E-state index in [-0.39, 0.29) is 17.1 Å². The smallest absolute Gasteiger partial charge is 0.225 e. The van der Waals surface area contributed by atoms with Crippen molar-refractivity contribution in [3.8, 4) is 0 Å². The molecule has 1 saturated carbocycles. The van der Waals surface area contributed by atoms with Crippen molar-refractivity contribution in [3.05, 3.63) is 34.9 Å². The molecule has 1 aromatic rings. The van der Waals surface area contributed by atoms with Crippen LogP contribution in [0.4, 0.5) is 0 Å². The summed E-state index contributed by atoms with van der Waals surface area (Å²) in [5.74, 6) is -0.269. The Morgan fingerprint density at radius 1 is 1.23 bits per heavy atom. The van der Waals surface area contributed by atoms with E-state index in [1.165, 1.54) is 4.31 Å². The molecule has 1 aliphatic carbocycles. The fraction of sp³-hybridized carbons (Fsp3) is 0.533. The Balaban J connectivity index is 1.39. The first-order valence-corrected chi connectivity index (χ1v) is 9.36. The molecule has 1 saturated heterocycles. The molecule has 0 bridgehead atoms. The van der Waals surface area contributed by atoms with E-state index in [9.17, 15) is 13.2 Å². The zero-order chi connectivity index (χ0) is 15.7. The lowest BCUT2D eigenvalue weighted by Gasteiger charge is -2.37. The average molecular weight is 343 g/mol. The molecule has 1 amide bonds. The lowest BCUT2D eigenvalue weighted by atomic mass is 10.0. The molecule has 0 aromatic heterocycles. The summed E-state index contributed by atoms with van der Waals surface area (Å²) in [6.45, 7) is 1.20. The van der Waals surface area contributed by atoms with E-state index >= 15 is 0 Å². The van der Waals surface area contributed by atoms with Crippen molar-refractivity contribution in [1.82, 2.24) is 9.62 Å². The molecule has 120 valence electrons. The number of sulfonamides is 1. The van der Waals surface area contributed by atoms with Crippen molar-refractivity contribution in [1.29, 1.82) is 0 Å². The van der Waals surface area contributed by atoms with Crippen LogP contribution < -0.4 is 5.32 Å². The molecular formula is C15H19ClN2O3S. The van der Waals surface area contributed by atoms with Crippen LogP contribution in [-0.2, 0) is 21.2 Å². The molecular weight excluding hydrogens is 324 g/mol. The van der Waals surface area contributed by atoms with E-state index in [4.69, 9.17) is 11.6 Å². The first kappa shape index (κ1) is 15.8. The van der Waals surface area contributed by atoms with Gasteiger partial charge in [0, 0.05) is 24.7 Å². The third-order valence-corrected chi connectivity index (χ3v) is 6.73. The van der Waals surface area contributed by atoms with Crippen molar-refractivity contribution < 1.29 is 13.2 Å². The molecule has 3 rings (SSSR count). The summed E-state index contributed by atoms with van der Waals surface area (Å²) in [7, 11) is -3.12. The third kappa shape index (κ3) is 3.45. The monoisotopic (exact) mass is 342 g/mol. The van der Waals surface area contributed by atoms with Crippen LogP contribution in [0.3, 0.4) is 0 Å². The summed E-state index contributed by atoms with van der Waals surface area (Å²) in [6, 6.07) is 7.51. The molecule has 0 radical (unpaired) electrons. The Bertz CT molecular complexity index is 650. The first-order valence-electron chi connectivity index (χ1n) is 7.48. The van der Waals surface area contributed by atoms with E-state index in [2.05, 4.69) is 5.32 Å². The Morgan fingerprint density at radius 3 is 2.45 bits per heavy atom. The van der Waals surface area contributed by atoms with Gasteiger partial charge in [-0.3, -0.25) is 4.79 Å². The number of rotatable bonds is 6. The molecule has 0 spiro atoms. The second kappa shape index (κ2) is 6.18. The number of nitrogens with one attached hydrogen (secondary N) is 1. The molecule has 1 N–H and O–H groups in total. The summed E-state index contributed by atoms with van der Waals surface area (Å²) < 4.78 is 25.3. The van der Waals surface area contributed by atoms with E-state index in [1.54, 1.807) is 0 Å². The number of hydrogen-bond acceptors (Lipinski definition) is 3. The summed E-state index contributed by atoms with van der Waals surface area (Å²) in [4.78, 5) is 12.0. The van der Waals surface area contributed by atoms with Gasteiger partial charge in [0.05, 0.1) is 11.2 Å². The van der Waals surface area contributed by atoms with Gasteiger partial charge in [0.1, 0.15) is 0 Å². The topological polar surface area (TPSA) is 66.5 Å². The highest BCUT2D eigenvalue weighted by atomic mass is 35.5. The SMILES string of the molecule is O=C(NCCc1ccc(Cl)cc1)C1CN(S(=O)(=O)C2CC2)C1. The molecule has 0 atom stereocenters. The van der Waals surface area contributed by atoms with Gasteiger partial charge in [-0.05, 0) is 37.0 Å². The maximum absolute atomic E-state index is 12.0. The predicted octanol–water partition coefficient (Wildman–Crippen LogP) is 1.42. The zero-order valence-corrected chi connectivity index (χ0v) is 13.7. The Kier molecular flexibility index (Phi) is 4.43. The van der Waals surface area contributed by atoms with E-state index < -0.39 is 10.0 Å². The van der Waals surface area contributed by atoms with Crippen molar-refractivity contribution >= 4 is 27.5 Å². The van der Waals surface area contributed by atoms with Crippen LogP contribution in [0, 0.1) is 5.92 Å². The molecule has 1 heterocycles. The van der Waals surface area contributed by atoms with Gasteiger partial charge in [0.2, 0.25) is 15.9 Å². The summed E-state index contributed by atoms with van der Waals surface area (Å²) in [6.07, 6.45) is 2.26. The second-order valence-electron chi connectivity index (χ2n) is 5.93. The minimum absolute atomic E-state index is 0.0591. The van der Waals surface area contributed by atoms with Gasteiger partial charge in [-0.25, -0.2) is 8.42 Å². The van der Waals surface area contributed by atoms with Crippen LogP contribution in [-0.4, -0.2) is 43.5 Å². The van der Waals surface area contributed by atoms with Crippen molar-refractivity contribution in [3.63, 3.8) is 0 Å². The lowest BCUT2D eigenvalue weighted by molar-refractivity contribution is -0.128. The second-order valence-corrected chi connectivity index (χ2v) is 8.58. The molecule has 5 nitrogen and oxygen atoms in total. The highest BCUT2D eigenvalue weighted by molar-refractivity contribution is 7.90. The van der Waals surface area contributed by atoms with Gasteiger partial charge in [-0.2, -0.15) is 4.31 Å².